The Bertz CT molecular complexity index is 542. The predicted molar refractivity (Wildman–Crippen MR) is 111 cm³/mol. The molecule has 0 aromatic carbocycles. The van der Waals surface area contributed by atoms with Crippen molar-refractivity contribution in [3.63, 3.8) is 0 Å². The minimum absolute atomic E-state index is 0. The third-order valence-electron chi connectivity index (χ3n) is 4.69. The molecule has 1 aromatic heterocycles. The van der Waals surface area contributed by atoms with Crippen molar-refractivity contribution >= 4 is 35.8 Å². The van der Waals surface area contributed by atoms with Crippen LogP contribution < -0.4 is 15.5 Å². The maximum Gasteiger partial charge on any atom is 0.191 e. The highest BCUT2D eigenvalue weighted by Crippen LogP contribution is 2.28. The Morgan fingerprint density at radius 3 is 2.75 bits per heavy atom. The number of hydrogen-bond donors (Lipinski definition) is 2. The van der Waals surface area contributed by atoms with E-state index in [1.54, 1.807) is 0 Å². The van der Waals surface area contributed by atoms with Crippen LogP contribution in [-0.2, 0) is 6.54 Å². The number of anilines is 1. The van der Waals surface area contributed by atoms with E-state index in [0.29, 0.717) is 12.6 Å². The second-order valence-electron chi connectivity index (χ2n) is 6.73. The highest BCUT2D eigenvalue weighted by molar-refractivity contribution is 14.0. The van der Waals surface area contributed by atoms with Gasteiger partial charge in [0.05, 0.1) is 6.54 Å². The number of aliphatic imine (C=N–C) groups is 1. The van der Waals surface area contributed by atoms with Crippen molar-refractivity contribution in [2.45, 2.75) is 52.1 Å². The second kappa shape index (κ2) is 9.44. The zero-order chi connectivity index (χ0) is 16.1. The molecule has 2 N–H and O–H groups in total. The lowest BCUT2D eigenvalue weighted by atomic mass is 10.1. The molecule has 1 saturated heterocycles. The van der Waals surface area contributed by atoms with Crippen LogP contribution in [-0.4, -0.2) is 36.6 Å². The van der Waals surface area contributed by atoms with Crippen LogP contribution in [0, 0.1) is 5.92 Å². The summed E-state index contributed by atoms with van der Waals surface area (Å²) in [6.45, 7) is 8.22. The van der Waals surface area contributed by atoms with Crippen molar-refractivity contribution in [3.8, 4) is 0 Å². The van der Waals surface area contributed by atoms with Crippen LogP contribution in [0.3, 0.4) is 0 Å². The number of nitrogens with one attached hydrogen (secondary N) is 2. The summed E-state index contributed by atoms with van der Waals surface area (Å²) in [4.78, 5) is 11.7. The van der Waals surface area contributed by atoms with Gasteiger partial charge in [-0.1, -0.05) is 6.92 Å². The Balaban J connectivity index is 0.00000208. The van der Waals surface area contributed by atoms with E-state index in [1.807, 2.05) is 6.20 Å². The van der Waals surface area contributed by atoms with Gasteiger partial charge in [0.2, 0.25) is 0 Å². The van der Waals surface area contributed by atoms with Gasteiger partial charge in [-0.2, -0.15) is 0 Å². The van der Waals surface area contributed by atoms with Crippen molar-refractivity contribution in [2.24, 2.45) is 10.9 Å². The van der Waals surface area contributed by atoms with E-state index in [1.165, 1.54) is 31.2 Å². The molecule has 2 fully saturated rings. The van der Waals surface area contributed by atoms with Crippen LogP contribution >= 0.6 is 24.0 Å². The molecule has 2 atom stereocenters. The van der Waals surface area contributed by atoms with E-state index in [2.05, 4.69) is 46.5 Å². The molecule has 0 radical (unpaired) electrons. The molecule has 1 aromatic rings. The van der Waals surface area contributed by atoms with Crippen molar-refractivity contribution in [2.75, 3.05) is 24.5 Å². The molecule has 24 heavy (non-hydrogen) atoms. The van der Waals surface area contributed by atoms with Crippen LogP contribution in [0.4, 0.5) is 5.82 Å². The summed E-state index contributed by atoms with van der Waals surface area (Å²) in [6.07, 6.45) is 7.06. The Labute approximate surface area is 162 Å². The van der Waals surface area contributed by atoms with Gasteiger partial charge >= 0.3 is 0 Å². The zero-order valence-corrected chi connectivity index (χ0v) is 17.1. The molecule has 1 aliphatic heterocycles. The number of aromatic nitrogens is 1. The summed E-state index contributed by atoms with van der Waals surface area (Å²) in [5, 5.41) is 6.84. The van der Waals surface area contributed by atoms with Crippen LogP contribution in [0.2, 0.25) is 0 Å². The van der Waals surface area contributed by atoms with Gasteiger partial charge in [0, 0.05) is 31.9 Å². The minimum atomic E-state index is 0. The molecule has 6 heteroatoms. The Morgan fingerprint density at radius 2 is 2.08 bits per heavy atom. The monoisotopic (exact) mass is 443 g/mol. The van der Waals surface area contributed by atoms with Gasteiger partial charge in [0.25, 0.3) is 0 Å². The maximum atomic E-state index is 4.73. The number of piperidine rings is 1. The van der Waals surface area contributed by atoms with Crippen LogP contribution in [0.15, 0.2) is 23.3 Å². The van der Waals surface area contributed by atoms with Crippen molar-refractivity contribution < 1.29 is 0 Å². The molecule has 2 unspecified atom stereocenters. The Hall–Kier alpha value is -1.05. The lowest BCUT2D eigenvalue weighted by molar-refractivity contribution is 0.573. The maximum absolute atomic E-state index is 4.73. The highest BCUT2D eigenvalue weighted by Gasteiger charge is 2.33. The third-order valence-corrected chi connectivity index (χ3v) is 4.69. The van der Waals surface area contributed by atoms with Crippen molar-refractivity contribution in [1.29, 1.82) is 0 Å². The van der Waals surface area contributed by atoms with E-state index < -0.39 is 0 Å². The largest absolute Gasteiger partial charge is 0.357 e. The average molecular weight is 443 g/mol. The van der Waals surface area contributed by atoms with E-state index in [4.69, 9.17) is 4.99 Å². The third kappa shape index (κ3) is 5.50. The van der Waals surface area contributed by atoms with E-state index in [9.17, 15) is 0 Å². The number of hydrogen-bond acceptors (Lipinski definition) is 3. The van der Waals surface area contributed by atoms with Crippen LogP contribution in [0.1, 0.15) is 45.1 Å². The van der Waals surface area contributed by atoms with Gasteiger partial charge in [-0.3, -0.25) is 0 Å². The van der Waals surface area contributed by atoms with Crippen LogP contribution in [0.5, 0.6) is 0 Å². The summed E-state index contributed by atoms with van der Waals surface area (Å²) < 4.78 is 0. The molecular formula is C18H30IN5. The second-order valence-corrected chi connectivity index (χ2v) is 6.73. The summed E-state index contributed by atoms with van der Waals surface area (Å²) >= 11 is 0. The fourth-order valence-electron chi connectivity index (χ4n) is 3.04. The zero-order valence-electron chi connectivity index (χ0n) is 14.8. The molecule has 3 rings (SSSR count). The summed E-state index contributed by atoms with van der Waals surface area (Å²) in [5.74, 6) is 2.80. The standard InChI is InChI=1S/C18H29N5.HI/c1-3-19-18(22-16-11-14(16)2)21-13-15-7-8-20-17(12-15)23-9-5-4-6-10-23;/h7-8,12,14,16H,3-6,9-11,13H2,1-2H3,(H2,19,21,22);1H. The van der Waals surface area contributed by atoms with E-state index in [-0.39, 0.29) is 24.0 Å². The number of halogens is 1. The lowest BCUT2D eigenvalue weighted by Crippen LogP contribution is -2.39. The molecule has 5 nitrogen and oxygen atoms in total. The summed E-state index contributed by atoms with van der Waals surface area (Å²) in [6, 6.07) is 4.85. The molecule has 2 heterocycles. The van der Waals surface area contributed by atoms with Crippen molar-refractivity contribution in [1.82, 2.24) is 15.6 Å². The molecule has 0 spiro atoms. The number of pyridine rings is 1. The van der Waals surface area contributed by atoms with E-state index >= 15 is 0 Å². The fourth-order valence-corrected chi connectivity index (χ4v) is 3.04. The SMILES string of the molecule is CCNC(=NCc1ccnc(N2CCCCC2)c1)NC1CC1C.I. The predicted octanol–water partition coefficient (Wildman–Crippen LogP) is 3.15. The summed E-state index contributed by atoms with van der Waals surface area (Å²) in [7, 11) is 0. The molecular weight excluding hydrogens is 413 g/mol. The topological polar surface area (TPSA) is 52.6 Å². The smallest absolute Gasteiger partial charge is 0.191 e. The first-order valence-electron chi connectivity index (χ1n) is 9.01. The lowest BCUT2D eigenvalue weighted by Gasteiger charge is -2.27. The molecule has 1 aliphatic carbocycles. The minimum Gasteiger partial charge on any atom is -0.357 e. The number of nitrogens with zero attached hydrogens (tertiary/aromatic N) is 3. The molecule has 0 amide bonds. The summed E-state index contributed by atoms with van der Waals surface area (Å²) in [5.41, 5.74) is 1.22. The van der Waals surface area contributed by atoms with Gasteiger partial charge in [-0.15, -0.1) is 24.0 Å². The highest BCUT2D eigenvalue weighted by atomic mass is 127. The van der Waals surface area contributed by atoms with Crippen LogP contribution in [0.25, 0.3) is 0 Å². The van der Waals surface area contributed by atoms with Gasteiger partial charge in [0.15, 0.2) is 5.96 Å². The molecule has 134 valence electrons. The average Bonchev–Trinajstić information content (AvgIpc) is 3.29. The molecule has 2 aliphatic rings. The van der Waals surface area contributed by atoms with Gasteiger partial charge in [-0.25, -0.2) is 9.98 Å². The van der Waals surface area contributed by atoms with Crippen molar-refractivity contribution in [3.05, 3.63) is 23.9 Å². The first-order chi connectivity index (χ1) is 11.3. The fraction of sp³-hybridized carbons (Fsp3) is 0.667. The normalized spacial score (nSPS) is 23.4. The number of guanidine groups is 1. The molecule has 1 saturated carbocycles. The Morgan fingerprint density at radius 1 is 1.33 bits per heavy atom. The Kier molecular flexibility index (Phi) is 7.58. The first kappa shape index (κ1) is 19.3. The van der Waals surface area contributed by atoms with Gasteiger partial charge < -0.3 is 15.5 Å². The van der Waals surface area contributed by atoms with Gasteiger partial charge in [-0.05, 0) is 56.2 Å². The number of rotatable bonds is 5. The molecule has 0 bridgehead atoms. The van der Waals surface area contributed by atoms with Gasteiger partial charge in [0.1, 0.15) is 5.82 Å². The van der Waals surface area contributed by atoms with E-state index in [0.717, 1.165) is 37.3 Å². The quantitative estimate of drug-likeness (QED) is 0.417. The first-order valence-corrected chi connectivity index (χ1v) is 9.01.